The molecule has 25 heavy (non-hydrogen) atoms. The lowest BCUT2D eigenvalue weighted by molar-refractivity contribution is -0.113. The van der Waals surface area contributed by atoms with Crippen molar-refractivity contribution in [1.82, 2.24) is 9.38 Å². The fourth-order valence-corrected chi connectivity index (χ4v) is 3.25. The lowest BCUT2D eigenvalue weighted by atomic mass is 10.3. The third-order valence-electron chi connectivity index (χ3n) is 3.45. The summed E-state index contributed by atoms with van der Waals surface area (Å²) in [5.41, 5.74) is 2.81. The standard InChI is InChI=1S/C18H16ClN3O2S/c1-12-5-6-16-20-15(8-18(24)22(16)9-12)10-25-11-17(23)21-14-4-2-3-13(19)7-14/h2-9H,10-11H2,1H3,(H,21,23). The first-order valence-corrected chi connectivity index (χ1v) is 9.17. The summed E-state index contributed by atoms with van der Waals surface area (Å²) in [6.45, 7) is 1.92. The van der Waals surface area contributed by atoms with Crippen LogP contribution in [0.15, 0.2) is 53.5 Å². The quantitative estimate of drug-likeness (QED) is 0.743. The molecule has 0 fully saturated rings. The van der Waals surface area contributed by atoms with Crippen molar-refractivity contribution in [1.29, 1.82) is 0 Å². The van der Waals surface area contributed by atoms with E-state index in [-0.39, 0.29) is 17.2 Å². The molecule has 1 N–H and O–H groups in total. The van der Waals surface area contributed by atoms with Gasteiger partial charge in [-0.3, -0.25) is 14.0 Å². The second-order valence-electron chi connectivity index (χ2n) is 5.57. The SMILES string of the molecule is Cc1ccc2nc(CSCC(=O)Nc3cccc(Cl)c3)cc(=O)n2c1. The number of pyridine rings is 1. The van der Waals surface area contributed by atoms with Crippen LogP contribution >= 0.6 is 23.4 Å². The van der Waals surface area contributed by atoms with Gasteiger partial charge in [0.2, 0.25) is 5.91 Å². The van der Waals surface area contributed by atoms with Crippen molar-refractivity contribution in [2.75, 3.05) is 11.1 Å². The Kier molecular flexibility index (Phi) is 5.40. The van der Waals surface area contributed by atoms with E-state index in [0.29, 0.717) is 27.8 Å². The summed E-state index contributed by atoms with van der Waals surface area (Å²) in [6.07, 6.45) is 1.76. The molecule has 5 nitrogen and oxygen atoms in total. The summed E-state index contributed by atoms with van der Waals surface area (Å²) in [6, 6.07) is 12.2. The predicted molar refractivity (Wildman–Crippen MR) is 102 cm³/mol. The normalized spacial score (nSPS) is 10.8. The number of benzene rings is 1. The van der Waals surface area contributed by atoms with Crippen LogP contribution in [0.1, 0.15) is 11.3 Å². The Hall–Kier alpha value is -2.31. The highest BCUT2D eigenvalue weighted by Crippen LogP contribution is 2.16. The number of rotatable bonds is 5. The number of carbonyl (C=O) groups is 1. The number of amides is 1. The zero-order valence-electron chi connectivity index (χ0n) is 13.5. The maximum atomic E-state index is 12.1. The Bertz CT molecular complexity index is 987. The number of hydrogen-bond donors (Lipinski definition) is 1. The topological polar surface area (TPSA) is 63.5 Å². The van der Waals surface area contributed by atoms with Crippen molar-refractivity contribution in [2.24, 2.45) is 0 Å². The van der Waals surface area contributed by atoms with Crippen LogP contribution in [0.25, 0.3) is 5.65 Å². The Morgan fingerprint density at radius 3 is 2.92 bits per heavy atom. The van der Waals surface area contributed by atoms with Crippen molar-refractivity contribution in [2.45, 2.75) is 12.7 Å². The highest BCUT2D eigenvalue weighted by molar-refractivity contribution is 7.99. The lowest BCUT2D eigenvalue weighted by Gasteiger charge is -2.06. The summed E-state index contributed by atoms with van der Waals surface area (Å²) in [5, 5.41) is 3.36. The molecule has 0 unspecified atom stereocenters. The van der Waals surface area contributed by atoms with E-state index in [1.54, 1.807) is 30.5 Å². The molecule has 2 heterocycles. The van der Waals surface area contributed by atoms with Crippen LogP contribution < -0.4 is 10.9 Å². The number of fused-ring (bicyclic) bond motifs is 1. The first-order chi connectivity index (χ1) is 12.0. The van der Waals surface area contributed by atoms with Crippen LogP contribution in [0.4, 0.5) is 5.69 Å². The van der Waals surface area contributed by atoms with Gasteiger partial charge < -0.3 is 5.32 Å². The van der Waals surface area contributed by atoms with Crippen LogP contribution in [0.5, 0.6) is 0 Å². The fraction of sp³-hybridized carbons (Fsp3) is 0.167. The van der Waals surface area contributed by atoms with Crippen molar-refractivity contribution >= 4 is 40.6 Å². The molecule has 0 spiro atoms. The minimum Gasteiger partial charge on any atom is -0.325 e. The number of aromatic nitrogens is 2. The largest absolute Gasteiger partial charge is 0.325 e. The molecule has 3 aromatic rings. The molecule has 2 aromatic heterocycles. The van der Waals surface area contributed by atoms with Crippen LogP contribution in [0, 0.1) is 6.92 Å². The summed E-state index contributed by atoms with van der Waals surface area (Å²) in [7, 11) is 0. The van der Waals surface area contributed by atoms with E-state index in [9.17, 15) is 9.59 Å². The first-order valence-electron chi connectivity index (χ1n) is 7.63. The molecule has 0 saturated heterocycles. The summed E-state index contributed by atoms with van der Waals surface area (Å²) < 4.78 is 1.52. The minimum atomic E-state index is -0.125. The number of aryl methyl sites for hydroxylation is 1. The molecule has 0 aliphatic heterocycles. The molecule has 0 saturated carbocycles. The van der Waals surface area contributed by atoms with Gasteiger partial charge in [-0.05, 0) is 36.8 Å². The molecule has 1 aromatic carbocycles. The molecule has 1 amide bonds. The summed E-state index contributed by atoms with van der Waals surface area (Å²) in [4.78, 5) is 28.6. The van der Waals surface area contributed by atoms with Crippen LogP contribution in [0.2, 0.25) is 5.02 Å². The maximum Gasteiger partial charge on any atom is 0.258 e. The van der Waals surface area contributed by atoms with E-state index in [1.807, 2.05) is 19.1 Å². The van der Waals surface area contributed by atoms with E-state index in [1.165, 1.54) is 22.2 Å². The highest BCUT2D eigenvalue weighted by Gasteiger charge is 2.06. The van der Waals surface area contributed by atoms with Crippen molar-refractivity contribution < 1.29 is 4.79 Å². The van der Waals surface area contributed by atoms with Gasteiger partial charge in [0.15, 0.2) is 0 Å². The zero-order chi connectivity index (χ0) is 17.8. The molecular formula is C18H16ClN3O2S. The Morgan fingerprint density at radius 1 is 1.28 bits per heavy atom. The second-order valence-corrected chi connectivity index (χ2v) is 6.99. The number of nitrogens with zero attached hydrogens (tertiary/aromatic N) is 2. The zero-order valence-corrected chi connectivity index (χ0v) is 15.1. The van der Waals surface area contributed by atoms with E-state index in [4.69, 9.17) is 11.6 Å². The van der Waals surface area contributed by atoms with Gasteiger partial charge in [-0.25, -0.2) is 4.98 Å². The summed E-state index contributed by atoms with van der Waals surface area (Å²) >= 11 is 7.29. The van der Waals surface area contributed by atoms with Crippen molar-refractivity contribution in [3.63, 3.8) is 0 Å². The first kappa shape index (κ1) is 17.5. The van der Waals surface area contributed by atoms with Crippen LogP contribution in [0.3, 0.4) is 0 Å². The van der Waals surface area contributed by atoms with Gasteiger partial charge >= 0.3 is 0 Å². The molecule has 7 heteroatoms. The number of hydrogen-bond acceptors (Lipinski definition) is 4. The third kappa shape index (κ3) is 4.61. The van der Waals surface area contributed by atoms with E-state index < -0.39 is 0 Å². The number of anilines is 1. The Balaban J connectivity index is 1.60. The molecule has 128 valence electrons. The number of carbonyl (C=O) groups excluding carboxylic acids is 1. The number of nitrogens with one attached hydrogen (secondary N) is 1. The third-order valence-corrected chi connectivity index (χ3v) is 4.65. The smallest absolute Gasteiger partial charge is 0.258 e. The molecule has 0 bridgehead atoms. The monoisotopic (exact) mass is 373 g/mol. The van der Waals surface area contributed by atoms with Gasteiger partial charge in [0.25, 0.3) is 5.56 Å². The Labute approximate surface area is 154 Å². The predicted octanol–water partition coefficient (Wildman–Crippen LogP) is 3.53. The second kappa shape index (κ2) is 7.72. The van der Waals surface area contributed by atoms with E-state index in [2.05, 4.69) is 10.3 Å². The fourth-order valence-electron chi connectivity index (χ4n) is 2.34. The highest BCUT2D eigenvalue weighted by atomic mass is 35.5. The van der Waals surface area contributed by atoms with Gasteiger partial charge in [-0.2, -0.15) is 0 Å². The van der Waals surface area contributed by atoms with Crippen molar-refractivity contribution in [3.05, 3.63) is 75.3 Å². The number of halogens is 1. The van der Waals surface area contributed by atoms with Crippen molar-refractivity contribution in [3.8, 4) is 0 Å². The van der Waals surface area contributed by atoms with E-state index in [0.717, 1.165) is 5.56 Å². The summed E-state index contributed by atoms with van der Waals surface area (Å²) in [5.74, 6) is 0.629. The molecule has 0 aliphatic rings. The van der Waals surface area contributed by atoms with Crippen LogP contribution in [-0.4, -0.2) is 21.0 Å². The Morgan fingerprint density at radius 2 is 2.12 bits per heavy atom. The minimum absolute atomic E-state index is 0.118. The lowest BCUT2D eigenvalue weighted by Crippen LogP contribution is -2.16. The molecule has 0 atom stereocenters. The average molecular weight is 374 g/mol. The van der Waals surface area contributed by atoms with Gasteiger partial charge in [-0.1, -0.05) is 23.7 Å². The van der Waals surface area contributed by atoms with Crippen LogP contribution in [-0.2, 0) is 10.5 Å². The maximum absolute atomic E-state index is 12.1. The number of thioether (sulfide) groups is 1. The van der Waals surface area contributed by atoms with Gasteiger partial charge in [0.05, 0.1) is 11.4 Å². The molecule has 0 aliphatic carbocycles. The van der Waals surface area contributed by atoms with Gasteiger partial charge in [0.1, 0.15) is 5.65 Å². The molecule has 0 radical (unpaired) electrons. The molecule has 3 rings (SSSR count). The van der Waals surface area contributed by atoms with Gasteiger partial charge in [-0.15, -0.1) is 11.8 Å². The molecular weight excluding hydrogens is 358 g/mol. The van der Waals surface area contributed by atoms with E-state index >= 15 is 0 Å². The van der Waals surface area contributed by atoms with Gasteiger partial charge in [0, 0.05) is 28.7 Å². The average Bonchev–Trinajstić information content (AvgIpc) is 2.55.